The molecular formula is C24H33N5O2. The van der Waals surface area contributed by atoms with Gasteiger partial charge in [0.1, 0.15) is 6.61 Å². The van der Waals surface area contributed by atoms with E-state index in [0.717, 1.165) is 49.6 Å². The average Bonchev–Trinajstić information content (AvgIpc) is 2.82. The van der Waals surface area contributed by atoms with Gasteiger partial charge in [-0.1, -0.05) is 30.3 Å². The van der Waals surface area contributed by atoms with E-state index >= 15 is 0 Å². The number of amides is 1. The van der Waals surface area contributed by atoms with Crippen LogP contribution >= 0.6 is 0 Å². The third-order valence-corrected chi connectivity index (χ3v) is 5.44. The Morgan fingerprint density at radius 2 is 1.97 bits per heavy atom. The molecule has 0 atom stereocenters. The Hall–Kier alpha value is -3.09. The molecule has 0 aliphatic carbocycles. The summed E-state index contributed by atoms with van der Waals surface area (Å²) >= 11 is 0. The van der Waals surface area contributed by atoms with E-state index in [9.17, 15) is 4.79 Å². The van der Waals surface area contributed by atoms with Crippen molar-refractivity contribution in [2.45, 2.75) is 39.3 Å². The number of likely N-dealkylation sites (tertiary alicyclic amines) is 1. The van der Waals surface area contributed by atoms with Crippen LogP contribution in [0.1, 0.15) is 37.3 Å². The predicted molar refractivity (Wildman–Crippen MR) is 123 cm³/mol. The first-order chi connectivity index (χ1) is 15.2. The zero-order valence-electron chi connectivity index (χ0n) is 18.5. The van der Waals surface area contributed by atoms with E-state index in [1.165, 1.54) is 0 Å². The van der Waals surface area contributed by atoms with Gasteiger partial charge in [0.2, 0.25) is 11.8 Å². The molecule has 1 fully saturated rings. The van der Waals surface area contributed by atoms with Crippen LogP contribution in [-0.2, 0) is 17.9 Å². The lowest BCUT2D eigenvalue weighted by Gasteiger charge is -2.34. The zero-order valence-corrected chi connectivity index (χ0v) is 18.5. The van der Waals surface area contributed by atoms with Crippen LogP contribution in [-0.4, -0.2) is 48.4 Å². The van der Waals surface area contributed by atoms with Gasteiger partial charge in [-0.15, -0.1) is 0 Å². The number of guanidine groups is 1. The lowest BCUT2D eigenvalue weighted by Crippen LogP contribution is -2.46. The van der Waals surface area contributed by atoms with Crippen LogP contribution in [0, 0.1) is 5.92 Å². The normalized spacial score (nSPS) is 14.9. The molecule has 2 heterocycles. The maximum absolute atomic E-state index is 11.6. The number of carbonyl (C=O) groups is 1. The molecule has 3 rings (SSSR count). The van der Waals surface area contributed by atoms with Crippen molar-refractivity contribution in [2.24, 2.45) is 10.9 Å². The van der Waals surface area contributed by atoms with E-state index in [-0.39, 0.29) is 5.91 Å². The standard InChI is InChI=1S/C24H33N5O2/c1-3-26-24(29-13-10-19(11-14-29)15-22(30)25-2)28-17-21-9-12-27-23(16-21)31-18-20-7-5-4-6-8-20/h4-9,12,16,19H,3,10-11,13-15,17-18H2,1-2H3,(H,25,30)(H,26,28). The smallest absolute Gasteiger partial charge is 0.220 e. The lowest BCUT2D eigenvalue weighted by atomic mass is 9.93. The number of nitrogens with zero attached hydrogens (tertiary/aromatic N) is 3. The molecular weight excluding hydrogens is 390 g/mol. The highest BCUT2D eigenvalue weighted by atomic mass is 16.5. The molecule has 0 unspecified atom stereocenters. The van der Waals surface area contributed by atoms with Crippen LogP contribution < -0.4 is 15.4 Å². The van der Waals surface area contributed by atoms with Crippen LogP contribution in [0.25, 0.3) is 0 Å². The highest BCUT2D eigenvalue weighted by Crippen LogP contribution is 2.21. The van der Waals surface area contributed by atoms with Crippen LogP contribution in [0.2, 0.25) is 0 Å². The molecule has 0 radical (unpaired) electrons. The van der Waals surface area contributed by atoms with Crippen LogP contribution in [0.5, 0.6) is 5.88 Å². The van der Waals surface area contributed by atoms with Crippen molar-refractivity contribution in [2.75, 3.05) is 26.7 Å². The first kappa shape index (κ1) is 22.6. The summed E-state index contributed by atoms with van der Waals surface area (Å²) in [5.74, 6) is 2.10. The quantitative estimate of drug-likeness (QED) is 0.504. The van der Waals surface area contributed by atoms with Gasteiger partial charge in [0.15, 0.2) is 5.96 Å². The second-order valence-electron chi connectivity index (χ2n) is 7.75. The molecule has 0 spiro atoms. The Morgan fingerprint density at radius 1 is 1.19 bits per heavy atom. The Morgan fingerprint density at radius 3 is 2.68 bits per heavy atom. The van der Waals surface area contributed by atoms with Crippen molar-refractivity contribution >= 4 is 11.9 Å². The fraction of sp³-hybridized carbons (Fsp3) is 0.458. The topological polar surface area (TPSA) is 78.9 Å². The van der Waals surface area contributed by atoms with Gasteiger partial charge in [-0.2, -0.15) is 0 Å². The number of nitrogens with one attached hydrogen (secondary N) is 2. The predicted octanol–water partition coefficient (Wildman–Crippen LogP) is 2.97. The van der Waals surface area contributed by atoms with Gasteiger partial charge in [-0.05, 0) is 42.9 Å². The number of hydrogen-bond acceptors (Lipinski definition) is 4. The molecule has 0 saturated carbocycles. The van der Waals surface area contributed by atoms with Crippen LogP contribution in [0.3, 0.4) is 0 Å². The SMILES string of the molecule is CCNC(=NCc1ccnc(OCc2ccccc2)c1)N1CCC(CC(=O)NC)CC1. The summed E-state index contributed by atoms with van der Waals surface area (Å²) in [5.41, 5.74) is 2.17. The first-order valence-corrected chi connectivity index (χ1v) is 11.0. The number of ether oxygens (including phenoxy) is 1. The molecule has 1 aliphatic heterocycles. The minimum Gasteiger partial charge on any atom is -0.473 e. The monoisotopic (exact) mass is 423 g/mol. The molecule has 7 nitrogen and oxygen atoms in total. The van der Waals surface area contributed by atoms with Crippen molar-refractivity contribution in [1.29, 1.82) is 0 Å². The summed E-state index contributed by atoms with van der Waals surface area (Å²) in [4.78, 5) is 23.1. The maximum atomic E-state index is 11.6. The van der Waals surface area contributed by atoms with Gasteiger partial charge < -0.3 is 20.3 Å². The summed E-state index contributed by atoms with van der Waals surface area (Å²) in [7, 11) is 1.70. The number of rotatable bonds is 8. The third kappa shape index (κ3) is 7.27. The molecule has 7 heteroatoms. The Bertz CT molecular complexity index is 848. The molecule has 31 heavy (non-hydrogen) atoms. The summed E-state index contributed by atoms with van der Waals surface area (Å²) in [6.07, 6.45) is 4.39. The van der Waals surface area contributed by atoms with Gasteiger partial charge in [-0.3, -0.25) is 4.79 Å². The number of aliphatic imine (C=N–C) groups is 1. The van der Waals surface area contributed by atoms with Gasteiger partial charge in [-0.25, -0.2) is 9.98 Å². The molecule has 1 aromatic heterocycles. The number of pyridine rings is 1. The molecule has 166 valence electrons. The Labute approximate surface area is 184 Å². The van der Waals surface area contributed by atoms with E-state index in [0.29, 0.717) is 31.4 Å². The molecule has 2 aromatic rings. The first-order valence-electron chi connectivity index (χ1n) is 11.0. The average molecular weight is 424 g/mol. The second kappa shape index (κ2) is 11.9. The van der Waals surface area contributed by atoms with Crippen molar-refractivity contribution < 1.29 is 9.53 Å². The second-order valence-corrected chi connectivity index (χ2v) is 7.75. The van der Waals surface area contributed by atoms with E-state index in [1.54, 1.807) is 13.2 Å². The summed E-state index contributed by atoms with van der Waals surface area (Å²) in [5, 5.41) is 6.12. The minimum atomic E-state index is 0.127. The molecule has 1 aromatic carbocycles. The largest absolute Gasteiger partial charge is 0.473 e. The molecule has 0 bridgehead atoms. The van der Waals surface area contributed by atoms with Crippen molar-refractivity contribution in [3.8, 4) is 5.88 Å². The van der Waals surface area contributed by atoms with Crippen molar-refractivity contribution in [1.82, 2.24) is 20.5 Å². The van der Waals surface area contributed by atoms with Crippen LogP contribution in [0.4, 0.5) is 0 Å². The van der Waals surface area contributed by atoms with Gasteiger partial charge in [0.05, 0.1) is 6.54 Å². The fourth-order valence-corrected chi connectivity index (χ4v) is 3.66. The van der Waals surface area contributed by atoms with Crippen LogP contribution in [0.15, 0.2) is 53.7 Å². The molecule has 1 amide bonds. The minimum absolute atomic E-state index is 0.127. The zero-order chi connectivity index (χ0) is 21.9. The van der Waals surface area contributed by atoms with E-state index in [4.69, 9.17) is 9.73 Å². The number of hydrogen-bond donors (Lipinski definition) is 2. The molecule has 1 aliphatic rings. The summed E-state index contributed by atoms with van der Waals surface area (Å²) in [6.45, 7) is 5.78. The third-order valence-electron chi connectivity index (χ3n) is 5.44. The lowest BCUT2D eigenvalue weighted by molar-refractivity contribution is -0.121. The highest BCUT2D eigenvalue weighted by Gasteiger charge is 2.23. The fourth-order valence-electron chi connectivity index (χ4n) is 3.66. The number of piperidine rings is 1. The van der Waals surface area contributed by atoms with Crippen molar-refractivity contribution in [3.05, 3.63) is 59.8 Å². The highest BCUT2D eigenvalue weighted by molar-refractivity contribution is 5.80. The van der Waals surface area contributed by atoms with Crippen molar-refractivity contribution in [3.63, 3.8) is 0 Å². The number of aromatic nitrogens is 1. The number of benzene rings is 1. The van der Waals surface area contributed by atoms with E-state index in [1.807, 2.05) is 42.5 Å². The molecule has 2 N–H and O–H groups in total. The Balaban J connectivity index is 1.56. The maximum Gasteiger partial charge on any atom is 0.220 e. The number of carbonyl (C=O) groups excluding carboxylic acids is 1. The summed E-state index contributed by atoms with van der Waals surface area (Å²) in [6, 6.07) is 14.0. The Kier molecular flexibility index (Phi) is 8.70. The van der Waals surface area contributed by atoms with Gasteiger partial charge >= 0.3 is 0 Å². The summed E-state index contributed by atoms with van der Waals surface area (Å²) < 4.78 is 5.84. The van der Waals surface area contributed by atoms with Gasteiger partial charge in [0, 0.05) is 45.4 Å². The molecule has 1 saturated heterocycles. The van der Waals surface area contributed by atoms with E-state index in [2.05, 4.69) is 27.4 Å². The van der Waals surface area contributed by atoms with E-state index < -0.39 is 0 Å². The van der Waals surface area contributed by atoms with Gasteiger partial charge in [0.25, 0.3) is 0 Å².